The third-order valence-electron chi connectivity index (χ3n) is 3.55. The average molecular weight is 470 g/mol. The SMILES string of the molecule is O=C(O)COc1ccc(Br)cc1C(=O)c1cnn(-c2c(Cl)cccc2Cl)c1. The maximum atomic E-state index is 12.9. The molecule has 0 spiro atoms. The molecule has 27 heavy (non-hydrogen) atoms. The number of aromatic nitrogens is 2. The van der Waals surface area contributed by atoms with Gasteiger partial charge in [0.15, 0.2) is 12.4 Å². The van der Waals surface area contributed by atoms with Crippen LogP contribution in [0.1, 0.15) is 15.9 Å². The Morgan fingerprint density at radius 3 is 2.56 bits per heavy atom. The molecule has 1 aromatic heterocycles. The number of carboxylic acids is 1. The molecule has 2 aromatic carbocycles. The zero-order chi connectivity index (χ0) is 19.6. The summed E-state index contributed by atoms with van der Waals surface area (Å²) in [5, 5.41) is 13.7. The van der Waals surface area contributed by atoms with Gasteiger partial charge in [-0.15, -0.1) is 0 Å². The Kier molecular flexibility index (Phi) is 5.84. The monoisotopic (exact) mass is 468 g/mol. The van der Waals surface area contributed by atoms with Crippen molar-refractivity contribution >= 4 is 50.9 Å². The van der Waals surface area contributed by atoms with Gasteiger partial charge in [-0.25, -0.2) is 9.48 Å². The molecule has 0 fully saturated rings. The lowest BCUT2D eigenvalue weighted by atomic mass is 10.1. The van der Waals surface area contributed by atoms with E-state index in [0.717, 1.165) is 0 Å². The van der Waals surface area contributed by atoms with Crippen LogP contribution < -0.4 is 4.74 Å². The third-order valence-corrected chi connectivity index (χ3v) is 4.65. The Morgan fingerprint density at radius 1 is 1.19 bits per heavy atom. The minimum absolute atomic E-state index is 0.161. The van der Waals surface area contributed by atoms with Crippen LogP contribution in [0.25, 0.3) is 5.69 Å². The highest BCUT2D eigenvalue weighted by atomic mass is 79.9. The van der Waals surface area contributed by atoms with Crippen molar-refractivity contribution in [1.82, 2.24) is 9.78 Å². The predicted octanol–water partition coefficient (Wildman–Crippen LogP) is 4.64. The Hall–Kier alpha value is -2.35. The molecule has 138 valence electrons. The lowest BCUT2D eigenvalue weighted by Gasteiger charge is -2.09. The molecular weight excluding hydrogens is 459 g/mol. The van der Waals surface area contributed by atoms with E-state index in [0.29, 0.717) is 20.2 Å². The molecule has 0 unspecified atom stereocenters. The largest absolute Gasteiger partial charge is 0.481 e. The van der Waals surface area contributed by atoms with Crippen molar-refractivity contribution in [3.05, 3.63) is 74.4 Å². The van der Waals surface area contributed by atoms with E-state index in [2.05, 4.69) is 21.0 Å². The number of aliphatic carboxylic acids is 1. The number of hydrogen-bond acceptors (Lipinski definition) is 4. The summed E-state index contributed by atoms with van der Waals surface area (Å²) in [6.07, 6.45) is 2.88. The smallest absolute Gasteiger partial charge is 0.341 e. The van der Waals surface area contributed by atoms with Crippen molar-refractivity contribution in [2.24, 2.45) is 0 Å². The van der Waals surface area contributed by atoms with Crippen molar-refractivity contribution in [3.8, 4) is 11.4 Å². The fourth-order valence-corrected chi connectivity index (χ4v) is 3.30. The van der Waals surface area contributed by atoms with Crippen molar-refractivity contribution in [3.63, 3.8) is 0 Å². The number of carbonyl (C=O) groups is 2. The summed E-state index contributed by atoms with van der Waals surface area (Å²) >= 11 is 15.6. The lowest BCUT2D eigenvalue weighted by Crippen LogP contribution is -2.12. The molecule has 0 radical (unpaired) electrons. The van der Waals surface area contributed by atoms with Crippen LogP contribution in [0.4, 0.5) is 0 Å². The highest BCUT2D eigenvalue weighted by Gasteiger charge is 2.19. The Labute approximate surface area is 172 Å². The minimum Gasteiger partial charge on any atom is -0.481 e. The van der Waals surface area contributed by atoms with Gasteiger partial charge in [-0.3, -0.25) is 4.79 Å². The molecule has 0 amide bonds. The first kappa shape index (κ1) is 19.4. The molecule has 1 N–H and O–H groups in total. The fourth-order valence-electron chi connectivity index (χ4n) is 2.37. The molecular formula is C18H11BrCl2N2O4. The number of carbonyl (C=O) groups excluding carboxylic acids is 1. The van der Waals surface area contributed by atoms with Crippen LogP contribution in [0.2, 0.25) is 10.0 Å². The van der Waals surface area contributed by atoms with Gasteiger partial charge >= 0.3 is 5.97 Å². The van der Waals surface area contributed by atoms with Crippen LogP contribution >= 0.6 is 39.1 Å². The van der Waals surface area contributed by atoms with Crippen molar-refractivity contribution < 1.29 is 19.4 Å². The third kappa shape index (κ3) is 4.32. The molecule has 0 aliphatic heterocycles. The zero-order valence-corrected chi connectivity index (χ0v) is 16.6. The average Bonchev–Trinajstić information content (AvgIpc) is 3.09. The van der Waals surface area contributed by atoms with Crippen molar-refractivity contribution in [2.75, 3.05) is 6.61 Å². The molecule has 3 aromatic rings. The number of ether oxygens (including phenoxy) is 1. The van der Waals surface area contributed by atoms with Crippen LogP contribution in [0.5, 0.6) is 5.75 Å². The number of hydrogen-bond donors (Lipinski definition) is 1. The first-order chi connectivity index (χ1) is 12.9. The quantitative estimate of drug-likeness (QED) is 0.532. The van der Waals surface area contributed by atoms with Crippen LogP contribution in [-0.4, -0.2) is 33.2 Å². The predicted molar refractivity (Wildman–Crippen MR) is 104 cm³/mol. The number of halogens is 3. The van der Waals surface area contributed by atoms with Gasteiger partial charge in [0.1, 0.15) is 11.4 Å². The van der Waals surface area contributed by atoms with Crippen LogP contribution in [-0.2, 0) is 4.79 Å². The summed E-state index contributed by atoms with van der Waals surface area (Å²) in [5.41, 5.74) is 0.927. The molecule has 6 nitrogen and oxygen atoms in total. The molecule has 0 aliphatic rings. The van der Waals surface area contributed by atoms with Gasteiger partial charge < -0.3 is 9.84 Å². The molecule has 0 saturated carbocycles. The molecule has 1 heterocycles. The van der Waals surface area contributed by atoms with Crippen molar-refractivity contribution in [2.45, 2.75) is 0 Å². The number of benzene rings is 2. The maximum Gasteiger partial charge on any atom is 0.341 e. The van der Waals surface area contributed by atoms with Crippen LogP contribution in [0.15, 0.2) is 53.3 Å². The number of carboxylic acid groups (broad SMARTS) is 1. The number of para-hydroxylation sites is 1. The highest BCUT2D eigenvalue weighted by Crippen LogP contribution is 2.29. The topological polar surface area (TPSA) is 81.4 Å². The van der Waals surface area contributed by atoms with Gasteiger partial charge in [-0.2, -0.15) is 5.10 Å². The summed E-state index contributed by atoms with van der Waals surface area (Å²) in [6, 6.07) is 9.77. The first-order valence-corrected chi connectivity index (χ1v) is 9.09. The molecule has 0 bridgehead atoms. The summed E-state index contributed by atoms with van der Waals surface area (Å²) in [4.78, 5) is 23.7. The Morgan fingerprint density at radius 2 is 1.89 bits per heavy atom. The van der Waals surface area contributed by atoms with Gasteiger partial charge in [0.2, 0.25) is 0 Å². The summed E-state index contributed by atoms with van der Waals surface area (Å²) in [7, 11) is 0. The van der Waals surface area contributed by atoms with Gasteiger partial charge in [0, 0.05) is 10.7 Å². The summed E-state index contributed by atoms with van der Waals surface area (Å²) in [5.74, 6) is -1.36. The van der Waals surface area contributed by atoms with Gasteiger partial charge in [-0.05, 0) is 30.3 Å². The van der Waals surface area contributed by atoms with Crippen LogP contribution in [0, 0.1) is 0 Å². The summed E-state index contributed by atoms with van der Waals surface area (Å²) < 4.78 is 7.27. The van der Waals surface area contributed by atoms with E-state index in [-0.39, 0.29) is 22.7 Å². The van der Waals surface area contributed by atoms with Crippen LogP contribution in [0.3, 0.4) is 0 Å². The lowest BCUT2D eigenvalue weighted by molar-refractivity contribution is -0.139. The first-order valence-electron chi connectivity index (χ1n) is 7.54. The minimum atomic E-state index is -1.14. The van der Waals surface area contributed by atoms with E-state index < -0.39 is 12.6 Å². The van der Waals surface area contributed by atoms with E-state index in [4.69, 9.17) is 33.0 Å². The van der Waals surface area contributed by atoms with E-state index in [1.807, 2.05) is 0 Å². The second kappa shape index (κ2) is 8.12. The fraction of sp³-hybridized carbons (Fsp3) is 0.0556. The van der Waals surface area contributed by atoms with Crippen molar-refractivity contribution in [1.29, 1.82) is 0 Å². The van der Waals surface area contributed by atoms with E-state index in [1.165, 1.54) is 23.1 Å². The number of ketones is 1. The van der Waals surface area contributed by atoms with E-state index >= 15 is 0 Å². The molecule has 3 rings (SSSR count). The number of rotatable bonds is 6. The molecule has 9 heteroatoms. The van der Waals surface area contributed by atoms with E-state index in [1.54, 1.807) is 30.3 Å². The maximum absolute atomic E-state index is 12.9. The Bertz CT molecular complexity index is 1020. The Balaban J connectivity index is 1.97. The summed E-state index contributed by atoms with van der Waals surface area (Å²) in [6.45, 7) is -0.559. The molecule has 0 atom stereocenters. The normalized spacial score (nSPS) is 10.6. The number of nitrogens with zero attached hydrogens (tertiary/aromatic N) is 2. The standard InChI is InChI=1S/C18H11BrCl2N2O4/c19-11-4-5-15(27-9-16(24)25)12(6-11)18(26)10-7-22-23(8-10)17-13(20)2-1-3-14(17)21/h1-8H,9H2,(H,24,25). The van der Waals surface area contributed by atoms with Gasteiger partial charge in [0.05, 0.1) is 27.4 Å². The second-order valence-corrected chi connectivity index (χ2v) is 7.13. The highest BCUT2D eigenvalue weighted by molar-refractivity contribution is 9.10. The second-order valence-electron chi connectivity index (χ2n) is 5.40. The molecule has 0 saturated heterocycles. The molecule has 0 aliphatic carbocycles. The zero-order valence-electron chi connectivity index (χ0n) is 13.5. The van der Waals surface area contributed by atoms with Gasteiger partial charge in [-0.1, -0.05) is 45.2 Å². The van der Waals surface area contributed by atoms with E-state index in [9.17, 15) is 9.59 Å². The van der Waals surface area contributed by atoms with Gasteiger partial charge in [0.25, 0.3) is 0 Å².